The molecular weight excluding hydrogens is 226 g/mol. The summed E-state index contributed by atoms with van der Waals surface area (Å²) in [5.74, 6) is 1.54. The molecule has 0 saturated carbocycles. The van der Waals surface area contributed by atoms with Crippen molar-refractivity contribution >= 4 is 0 Å². The number of nitrogens with one attached hydrogen (secondary N) is 1. The van der Waals surface area contributed by atoms with E-state index in [1.165, 1.54) is 5.56 Å². The number of unbranched alkanes of at least 4 members (excludes halogenated alkanes) is 1. The highest BCUT2D eigenvalue weighted by Gasteiger charge is 2.12. The number of benzene rings is 1. The van der Waals surface area contributed by atoms with Crippen molar-refractivity contribution in [2.75, 3.05) is 21.3 Å². The second-order valence-corrected chi connectivity index (χ2v) is 4.18. The van der Waals surface area contributed by atoms with Crippen molar-refractivity contribution in [3.05, 3.63) is 36.4 Å². The third-order valence-electron chi connectivity index (χ3n) is 3.06. The van der Waals surface area contributed by atoms with E-state index in [1.54, 1.807) is 14.2 Å². The van der Waals surface area contributed by atoms with Gasteiger partial charge < -0.3 is 14.8 Å². The van der Waals surface area contributed by atoms with E-state index in [1.807, 2.05) is 25.3 Å². The summed E-state index contributed by atoms with van der Waals surface area (Å²) in [6.07, 6.45) is 5.22. The number of allylic oxidation sites excluding steroid dienone is 1. The molecular formula is C15H23NO2. The van der Waals surface area contributed by atoms with Gasteiger partial charge in [-0.1, -0.05) is 12.1 Å². The van der Waals surface area contributed by atoms with E-state index in [4.69, 9.17) is 9.47 Å². The summed E-state index contributed by atoms with van der Waals surface area (Å²) in [6, 6.07) is 6.40. The van der Waals surface area contributed by atoms with E-state index in [9.17, 15) is 0 Å². The lowest BCUT2D eigenvalue weighted by Crippen LogP contribution is -2.16. The maximum atomic E-state index is 5.33. The van der Waals surface area contributed by atoms with Crippen LogP contribution in [0.2, 0.25) is 0 Å². The summed E-state index contributed by atoms with van der Waals surface area (Å²) < 4.78 is 10.6. The topological polar surface area (TPSA) is 30.5 Å². The molecule has 100 valence electrons. The number of rotatable bonds is 8. The van der Waals surface area contributed by atoms with E-state index in [0.717, 1.165) is 30.8 Å². The summed E-state index contributed by atoms with van der Waals surface area (Å²) >= 11 is 0. The summed E-state index contributed by atoms with van der Waals surface area (Å²) in [7, 11) is 5.29. The third kappa shape index (κ3) is 3.77. The third-order valence-corrected chi connectivity index (χ3v) is 3.06. The number of ether oxygens (including phenoxy) is 2. The predicted molar refractivity (Wildman–Crippen MR) is 75.4 cm³/mol. The minimum atomic E-state index is 0.338. The van der Waals surface area contributed by atoms with Gasteiger partial charge in [0.2, 0.25) is 0 Å². The summed E-state index contributed by atoms with van der Waals surface area (Å²) in [4.78, 5) is 0. The highest BCUT2D eigenvalue weighted by molar-refractivity contribution is 5.43. The van der Waals surface area contributed by atoms with Crippen LogP contribution in [0, 0.1) is 0 Å². The Balaban J connectivity index is 2.82. The van der Waals surface area contributed by atoms with Crippen LogP contribution in [0.15, 0.2) is 30.9 Å². The first-order valence-corrected chi connectivity index (χ1v) is 6.26. The van der Waals surface area contributed by atoms with Gasteiger partial charge >= 0.3 is 0 Å². The molecule has 1 unspecified atom stereocenters. The van der Waals surface area contributed by atoms with E-state index in [0.29, 0.717) is 6.04 Å². The average molecular weight is 249 g/mol. The van der Waals surface area contributed by atoms with Gasteiger partial charge in [-0.2, -0.15) is 0 Å². The maximum absolute atomic E-state index is 5.33. The van der Waals surface area contributed by atoms with Crippen molar-refractivity contribution in [3.8, 4) is 11.5 Å². The molecule has 3 heteroatoms. The summed E-state index contributed by atoms with van der Waals surface area (Å²) in [5.41, 5.74) is 1.22. The summed E-state index contributed by atoms with van der Waals surface area (Å²) in [6.45, 7) is 3.75. The van der Waals surface area contributed by atoms with Crippen molar-refractivity contribution in [2.45, 2.75) is 25.3 Å². The quantitative estimate of drug-likeness (QED) is 0.566. The van der Waals surface area contributed by atoms with Gasteiger partial charge in [0, 0.05) is 6.04 Å². The smallest absolute Gasteiger partial charge is 0.161 e. The molecule has 0 aromatic heterocycles. The average Bonchev–Trinajstić information content (AvgIpc) is 2.43. The molecule has 0 aliphatic carbocycles. The molecule has 1 N–H and O–H groups in total. The molecule has 0 bridgehead atoms. The van der Waals surface area contributed by atoms with Crippen LogP contribution in [-0.4, -0.2) is 21.3 Å². The van der Waals surface area contributed by atoms with Gasteiger partial charge in [-0.25, -0.2) is 0 Å². The minimum absolute atomic E-state index is 0.338. The standard InChI is InChI=1S/C15H23NO2/c1-5-6-7-8-13(16-2)12-9-10-14(17-3)15(11-12)18-4/h5,9-11,13,16H,1,6-8H2,2-4H3. The first kappa shape index (κ1) is 14.6. The first-order valence-electron chi connectivity index (χ1n) is 6.26. The fourth-order valence-electron chi connectivity index (χ4n) is 2.01. The molecule has 1 rings (SSSR count). The van der Waals surface area contributed by atoms with Gasteiger partial charge in [0.05, 0.1) is 14.2 Å². The van der Waals surface area contributed by atoms with Gasteiger partial charge in [0.25, 0.3) is 0 Å². The molecule has 1 atom stereocenters. The zero-order chi connectivity index (χ0) is 13.4. The lowest BCUT2D eigenvalue weighted by atomic mass is 10.0. The van der Waals surface area contributed by atoms with Crippen molar-refractivity contribution < 1.29 is 9.47 Å². The maximum Gasteiger partial charge on any atom is 0.161 e. The molecule has 0 aliphatic rings. The molecule has 1 aromatic carbocycles. The van der Waals surface area contributed by atoms with Gasteiger partial charge in [-0.3, -0.25) is 0 Å². The fraction of sp³-hybridized carbons (Fsp3) is 0.467. The Labute approximate surface area is 110 Å². The monoisotopic (exact) mass is 249 g/mol. The zero-order valence-corrected chi connectivity index (χ0v) is 11.5. The van der Waals surface area contributed by atoms with Crippen LogP contribution in [0.1, 0.15) is 30.9 Å². The Hall–Kier alpha value is -1.48. The van der Waals surface area contributed by atoms with Crippen LogP contribution in [0.3, 0.4) is 0 Å². The normalized spacial score (nSPS) is 11.9. The van der Waals surface area contributed by atoms with Crippen molar-refractivity contribution in [1.29, 1.82) is 0 Å². The Morgan fingerprint density at radius 1 is 1.28 bits per heavy atom. The summed E-state index contributed by atoms with van der Waals surface area (Å²) in [5, 5.41) is 3.34. The lowest BCUT2D eigenvalue weighted by Gasteiger charge is -2.18. The molecule has 0 fully saturated rings. The number of methoxy groups -OCH3 is 2. The van der Waals surface area contributed by atoms with Crippen LogP contribution in [-0.2, 0) is 0 Å². The van der Waals surface area contributed by atoms with Crippen LogP contribution in [0.25, 0.3) is 0 Å². The van der Waals surface area contributed by atoms with Crippen LogP contribution in [0.5, 0.6) is 11.5 Å². The molecule has 0 radical (unpaired) electrons. The second kappa shape index (κ2) is 7.77. The molecule has 0 spiro atoms. The highest BCUT2D eigenvalue weighted by Crippen LogP contribution is 2.31. The van der Waals surface area contributed by atoms with Crippen LogP contribution >= 0.6 is 0 Å². The molecule has 0 saturated heterocycles. The van der Waals surface area contributed by atoms with E-state index < -0.39 is 0 Å². The van der Waals surface area contributed by atoms with Crippen molar-refractivity contribution in [3.63, 3.8) is 0 Å². The van der Waals surface area contributed by atoms with E-state index >= 15 is 0 Å². The molecule has 3 nitrogen and oxygen atoms in total. The predicted octanol–water partition coefficient (Wildman–Crippen LogP) is 3.32. The zero-order valence-electron chi connectivity index (χ0n) is 11.5. The molecule has 18 heavy (non-hydrogen) atoms. The van der Waals surface area contributed by atoms with E-state index in [-0.39, 0.29) is 0 Å². The number of hydrogen-bond acceptors (Lipinski definition) is 3. The van der Waals surface area contributed by atoms with Gasteiger partial charge in [0.15, 0.2) is 11.5 Å². The van der Waals surface area contributed by atoms with Gasteiger partial charge in [0.1, 0.15) is 0 Å². The van der Waals surface area contributed by atoms with Crippen molar-refractivity contribution in [2.24, 2.45) is 0 Å². The fourth-order valence-corrected chi connectivity index (χ4v) is 2.01. The largest absolute Gasteiger partial charge is 0.493 e. The Bertz CT molecular complexity index is 377. The van der Waals surface area contributed by atoms with Crippen LogP contribution < -0.4 is 14.8 Å². The highest BCUT2D eigenvalue weighted by atomic mass is 16.5. The van der Waals surface area contributed by atoms with Crippen molar-refractivity contribution in [1.82, 2.24) is 5.32 Å². The molecule has 0 amide bonds. The van der Waals surface area contributed by atoms with Crippen LogP contribution in [0.4, 0.5) is 0 Å². The lowest BCUT2D eigenvalue weighted by molar-refractivity contribution is 0.353. The Morgan fingerprint density at radius 3 is 2.56 bits per heavy atom. The SMILES string of the molecule is C=CCCCC(NC)c1ccc(OC)c(OC)c1. The Morgan fingerprint density at radius 2 is 2.00 bits per heavy atom. The molecule has 0 aliphatic heterocycles. The minimum Gasteiger partial charge on any atom is -0.493 e. The van der Waals surface area contributed by atoms with E-state index in [2.05, 4.69) is 18.0 Å². The molecule has 1 aromatic rings. The number of hydrogen-bond donors (Lipinski definition) is 1. The second-order valence-electron chi connectivity index (χ2n) is 4.18. The Kier molecular flexibility index (Phi) is 6.29. The first-order chi connectivity index (χ1) is 8.76. The van der Waals surface area contributed by atoms with Gasteiger partial charge in [-0.15, -0.1) is 6.58 Å². The van der Waals surface area contributed by atoms with Gasteiger partial charge in [-0.05, 0) is 44.0 Å². The molecule has 0 heterocycles.